The predicted molar refractivity (Wildman–Crippen MR) is 74.6 cm³/mol. The smallest absolute Gasteiger partial charge is 0.190 e. The molecule has 3 rings (SSSR count). The van der Waals surface area contributed by atoms with E-state index < -0.39 is 0 Å². The number of thiazole rings is 1. The minimum Gasteiger partial charge on any atom is -0.379 e. The third-order valence-electron chi connectivity index (χ3n) is 3.36. The first-order chi connectivity index (χ1) is 9.28. The third-order valence-corrected chi connectivity index (χ3v) is 4.32. The van der Waals surface area contributed by atoms with Gasteiger partial charge in [-0.15, -0.1) is 11.3 Å². The molecule has 5 nitrogen and oxygen atoms in total. The summed E-state index contributed by atoms with van der Waals surface area (Å²) in [5, 5.41) is 6.41. The molecule has 1 aliphatic heterocycles. The fourth-order valence-corrected chi connectivity index (χ4v) is 3.30. The van der Waals surface area contributed by atoms with Crippen molar-refractivity contribution in [3.63, 3.8) is 0 Å². The molecule has 0 aromatic carbocycles. The number of aromatic nitrogens is 3. The first-order valence-corrected chi connectivity index (χ1v) is 7.47. The van der Waals surface area contributed by atoms with Gasteiger partial charge in [-0.2, -0.15) is 5.10 Å². The van der Waals surface area contributed by atoms with Crippen LogP contribution in [-0.2, 0) is 11.3 Å². The average molecular weight is 278 g/mol. The van der Waals surface area contributed by atoms with E-state index in [0.29, 0.717) is 6.04 Å². The quantitative estimate of drug-likeness (QED) is 0.864. The van der Waals surface area contributed by atoms with Crippen LogP contribution in [0.4, 0.5) is 5.69 Å². The standard InChI is InChI=1S/C13H18N4OS/c1-3-16-7-11(6-14-16)15-13-17(10(2)9-19-13)12-4-5-18-8-12/h6-7,9,12H,3-5,8H2,1-2H3/t12-/m0/s1. The van der Waals surface area contributed by atoms with Crippen LogP contribution in [0.3, 0.4) is 0 Å². The van der Waals surface area contributed by atoms with Crippen molar-refractivity contribution >= 4 is 17.0 Å². The van der Waals surface area contributed by atoms with Gasteiger partial charge >= 0.3 is 0 Å². The topological polar surface area (TPSA) is 44.3 Å². The number of hydrogen-bond donors (Lipinski definition) is 0. The van der Waals surface area contributed by atoms with Gasteiger partial charge in [0.2, 0.25) is 0 Å². The molecule has 2 aromatic heterocycles. The van der Waals surface area contributed by atoms with Crippen molar-refractivity contribution in [2.75, 3.05) is 13.2 Å². The fraction of sp³-hybridized carbons (Fsp3) is 0.538. The second-order valence-corrected chi connectivity index (χ2v) is 5.55. The Morgan fingerprint density at radius 3 is 3.16 bits per heavy atom. The molecule has 0 unspecified atom stereocenters. The highest BCUT2D eigenvalue weighted by Crippen LogP contribution is 2.20. The lowest BCUT2D eigenvalue weighted by atomic mass is 10.2. The van der Waals surface area contributed by atoms with Crippen LogP contribution in [0.5, 0.6) is 0 Å². The summed E-state index contributed by atoms with van der Waals surface area (Å²) in [5.41, 5.74) is 2.17. The Morgan fingerprint density at radius 1 is 1.58 bits per heavy atom. The summed E-state index contributed by atoms with van der Waals surface area (Å²) in [4.78, 5) is 5.75. The predicted octanol–water partition coefficient (Wildman–Crippen LogP) is 2.27. The van der Waals surface area contributed by atoms with Crippen LogP contribution in [0.15, 0.2) is 22.8 Å². The maximum Gasteiger partial charge on any atom is 0.190 e. The third kappa shape index (κ3) is 2.50. The van der Waals surface area contributed by atoms with Gasteiger partial charge < -0.3 is 9.30 Å². The zero-order chi connectivity index (χ0) is 13.2. The zero-order valence-electron chi connectivity index (χ0n) is 11.2. The van der Waals surface area contributed by atoms with Crippen molar-refractivity contribution in [3.8, 4) is 0 Å². The maximum atomic E-state index is 5.49. The highest BCUT2D eigenvalue weighted by molar-refractivity contribution is 7.07. The Labute approximate surface area is 116 Å². The Balaban J connectivity index is 2.00. The minimum absolute atomic E-state index is 0.422. The molecule has 1 saturated heterocycles. The van der Waals surface area contributed by atoms with Crippen molar-refractivity contribution in [3.05, 3.63) is 28.3 Å². The molecule has 19 heavy (non-hydrogen) atoms. The van der Waals surface area contributed by atoms with Crippen molar-refractivity contribution < 1.29 is 4.74 Å². The van der Waals surface area contributed by atoms with Gasteiger partial charge in [0.05, 0.1) is 25.0 Å². The summed E-state index contributed by atoms with van der Waals surface area (Å²) in [7, 11) is 0. The van der Waals surface area contributed by atoms with Crippen molar-refractivity contribution in [1.82, 2.24) is 14.3 Å². The molecule has 0 bridgehead atoms. The molecule has 1 atom stereocenters. The summed E-state index contributed by atoms with van der Waals surface area (Å²) in [6.07, 6.45) is 4.86. The summed E-state index contributed by atoms with van der Waals surface area (Å²) in [6, 6.07) is 0.422. The number of rotatable bonds is 3. The van der Waals surface area contributed by atoms with Crippen LogP contribution in [0.25, 0.3) is 0 Å². The molecule has 3 heterocycles. The van der Waals surface area contributed by atoms with Gasteiger partial charge in [0.25, 0.3) is 0 Å². The van der Waals surface area contributed by atoms with E-state index in [0.717, 1.165) is 36.7 Å². The highest BCUT2D eigenvalue weighted by atomic mass is 32.1. The molecule has 0 spiro atoms. The Bertz CT molecular complexity index is 619. The first-order valence-electron chi connectivity index (χ1n) is 6.59. The van der Waals surface area contributed by atoms with E-state index in [9.17, 15) is 0 Å². The van der Waals surface area contributed by atoms with Gasteiger partial charge in [-0.25, -0.2) is 4.99 Å². The van der Waals surface area contributed by atoms with Gasteiger partial charge in [0.15, 0.2) is 4.80 Å². The Morgan fingerprint density at radius 2 is 2.47 bits per heavy atom. The van der Waals surface area contributed by atoms with Crippen molar-refractivity contribution in [2.24, 2.45) is 4.99 Å². The number of ether oxygens (including phenoxy) is 1. The Kier molecular flexibility index (Phi) is 3.52. The van der Waals surface area contributed by atoms with Gasteiger partial charge in [0.1, 0.15) is 5.69 Å². The SMILES string of the molecule is CCn1cc(N=c2scc(C)n2[C@H]2CCOC2)cn1. The maximum absolute atomic E-state index is 5.49. The summed E-state index contributed by atoms with van der Waals surface area (Å²) >= 11 is 1.68. The molecule has 0 aliphatic carbocycles. The van der Waals surface area contributed by atoms with Gasteiger partial charge in [-0.05, 0) is 20.3 Å². The normalized spacial score (nSPS) is 20.3. The molecule has 0 saturated carbocycles. The second kappa shape index (κ2) is 5.30. The molecule has 0 N–H and O–H groups in total. The van der Waals surface area contributed by atoms with Crippen LogP contribution in [0, 0.1) is 6.92 Å². The number of nitrogens with zero attached hydrogens (tertiary/aromatic N) is 4. The van der Waals surface area contributed by atoms with Crippen molar-refractivity contribution in [1.29, 1.82) is 0 Å². The minimum atomic E-state index is 0.422. The molecular formula is C13H18N4OS. The van der Waals surface area contributed by atoms with Crippen LogP contribution in [0.2, 0.25) is 0 Å². The van der Waals surface area contributed by atoms with Crippen LogP contribution in [-0.4, -0.2) is 27.6 Å². The summed E-state index contributed by atoms with van der Waals surface area (Å²) in [6.45, 7) is 6.71. The first kappa shape index (κ1) is 12.6. The molecule has 1 fully saturated rings. The van der Waals surface area contributed by atoms with E-state index in [1.807, 2.05) is 17.1 Å². The monoisotopic (exact) mass is 278 g/mol. The number of aryl methyl sites for hydroxylation is 2. The summed E-state index contributed by atoms with van der Waals surface area (Å²) in [5.74, 6) is 0. The zero-order valence-corrected chi connectivity index (χ0v) is 12.1. The lowest BCUT2D eigenvalue weighted by Gasteiger charge is -2.12. The van der Waals surface area contributed by atoms with Crippen LogP contribution < -0.4 is 4.80 Å². The van der Waals surface area contributed by atoms with Crippen LogP contribution >= 0.6 is 11.3 Å². The van der Waals surface area contributed by atoms with E-state index in [1.165, 1.54) is 5.69 Å². The molecule has 1 aliphatic rings. The van der Waals surface area contributed by atoms with Gasteiger partial charge in [-0.1, -0.05) is 0 Å². The average Bonchev–Trinajstić information content (AvgIpc) is 3.11. The fourth-order valence-electron chi connectivity index (χ4n) is 2.35. The largest absolute Gasteiger partial charge is 0.379 e. The highest BCUT2D eigenvalue weighted by Gasteiger charge is 2.20. The van der Waals surface area contributed by atoms with E-state index in [1.54, 1.807) is 11.3 Å². The Hall–Kier alpha value is -1.40. The van der Waals surface area contributed by atoms with Gasteiger partial charge in [-0.3, -0.25) is 4.68 Å². The lowest BCUT2D eigenvalue weighted by molar-refractivity contribution is 0.186. The van der Waals surface area contributed by atoms with E-state index in [4.69, 9.17) is 9.73 Å². The van der Waals surface area contributed by atoms with Gasteiger partial charge in [0, 0.05) is 24.2 Å². The second-order valence-electron chi connectivity index (χ2n) is 4.71. The molecule has 2 aromatic rings. The lowest BCUT2D eigenvalue weighted by Crippen LogP contribution is -2.22. The molecular weight excluding hydrogens is 260 g/mol. The molecule has 102 valence electrons. The van der Waals surface area contributed by atoms with E-state index >= 15 is 0 Å². The summed E-state index contributed by atoms with van der Waals surface area (Å²) < 4.78 is 9.67. The van der Waals surface area contributed by atoms with E-state index in [2.05, 4.69) is 28.9 Å². The number of hydrogen-bond acceptors (Lipinski definition) is 4. The molecule has 0 amide bonds. The van der Waals surface area contributed by atoms with E-state index in [-0.39, 0.29) is 0 Å². The molecule has 6 heteroatoms. The van der Waals surface area contributed by atoms with Crippen LogP contribution in [0.1, 0.15) is 25.1 Å². The molecule has 0 radical (unpaired) electrons. The van der Waals surface area contributed by atoms with Crippen molar-refractivity contribution in [2.45, 2.75) is 32.9 Å².